The summed E-state index contributed by atoms with van der Waals surface area (Å²) in [4.78, 5) is 25.1. The lowest BCUT2D eigenvalue weighted by Gasteiger charge is -2.33. The van der Waals surface area contributed by atoms with Gasteiger partial charge in [0, 0.05) is 61.1 Å². The molecule has 0 bridgehead atoms. The second kappa shape index (κ2) is 7.64. The van der Waals surface area contributed by atoms with E-state index in [1.54, 1.807) is 0 Å². The molecular weight excluding hydrogens is 350 g/mol. The summed E-state index contributed by atoms with van der Waals surface area (Å²) in [6.07, 6.45) is 1.86. The Bertz CT molecular complexity index is 984. The average molecular weight is 377 g/mol. The van der Waals surface area contributed by atoms with Crippen molar-refractivity contribution in [2.75, 3.05) is 38.1 Å². The fraction of sp³-hybridized carbons (Fsp3) is 0.364. The topological polar surface area (TPSA) is 64.3 Å². The second-order valence-corrected chi connectivity index (χ2v) is 7.63. The smallest absolute Gasteiger partial charge is 0.251 e. The molecule has 3 aromatic rings. The van der Waals surface area contributed by atoms with Crippen LogP contribution in [0.1, 0.15) is 27.2 Å². The highest BCUT2D eigenvalue weighted by molar-refractivity contribution is 5.99. The molecule has 1 aliphatic heterocycles. The summed E-state index contributed by atoms with van der Waals surface area (Å²) in [6, 6.07) is 9.88. The van der Waals surface area contributed by atoms with Gasteiger partial charge in [0.05, 0.1) is 0 Å². The highest BCUT2D eigenvalue weighted by Crippen LogP contribution is 2.22. The first kappa shape index (κ1) is 18.5. The number of amides is 1. The van der Waals surface area contributed by atoms with Gasteiger partial charge in [-0.2, -0.15) is 0 Å². The normalized spacial score (nSPS) is 15.2. The summed E-state index contributed by atoms with van der Waals surface area (Å²) >= 11 is 0. The SMILES string of the molecule is Cc1[nH]c2ccc(C(=O)NCc3ccc(N4CCN(C)CC4)nc3)cc2c1C. The second-order valence-electron chi connectivity index (χ2n) is 7.63. The number of nitrogens with one attached hydrogen (secondary N) is 2. The Hall–Kier alpha value is -2.86. The number of fused-ring (bicyclic) bond motifs is 1. The molecule has 28 heavy (non-hydrogen) atoms. The van der Waals surface area contributed by atoms with Crippen molar-refractivity contribution in [2.24, 2.45) is 0 Å². The Morgan fingerprint density at radius 2 is 1.93 bits per heavy atom. The van der Waals surface area contributed by atoms with Gasteiger partial charge in [-0.25, -0.2) is 4.98 Å². The zero-order valence-corrected chi connectivity index (χ0v) is 16.7. The minimum Gasteiger partial charge on any atom is -0.358 e. The third kappa shape index (κ3) is 3.73. The Morgan fingerprint density at radius 3 is 2.64 bits per heavy atom. The number of aromatic amines is 1. The quantitative estimate of drug-likeness (QED) is 0.734. The minimum atomic E-state index is -0.0664. The molecule has 2 N–H and O–H groups in total. The zero-order valence-electron chi connectivity index (χ0n) is 16.7. The van der Waals surface area contributed by atoms with Crippen LogP contribution in [-0.2, 0) is 6.54 Å². The van der Waals surface area contributed by atoms with Crippen molar-refractivity contribution < 1.29 is 4.79 Å². The standard InChI is InChI=1S/C22H27N5O/c1-15-16(2)25-20-6-5-18(12-19(15)20)22(28)24-14-17-4-7-21(23-13-17)27-10-8-26(3)9-11-27/h4-7,12-13,25H,8-11,14H2,1-3H3,(H,24,28). The molecule has 1 aromatic carbocycles. The largest absolute Gasteiger partial charge is 0.358 e. The van der Waals surface area contributed by atoms with E-state index in [2.05, 4.69) is 39.1 Å². The number of carbonyl (C=O) groups is 1. The minimum absolute atomic E-state index is 0.0664. The van der Waals surface area contributed by atoms with Crippen molar-refractivity contribution in [2.45, 2.75) is 20.4 Å². The van der Waals surface area contributed by atoms with Crippen LogP contribution in [0.3, 0.4) is 0 Å². The number of likely N-dealkylation sites (N-methyl/N-ethyl adjacent to an activating group) is 1. The maximum Gasteiger partial charge on any atom is 0.251 e. The number of hydrogen-bond acceptors (Lipinski definition) is 4. The highest BCUT2D eigenvalue weighted by atomic mass is 16.1. The molecule has 0 saturated carbocycles. The van der Waals surface area contributed by atoms with Crippen molar-refractivity contribution in [1.82, 2.24) is 20.2 Å². The number of anilines is 1. The predicted octanol–water partition coefficient (Wildman–Crippen LogP) is 2.86. The van der Waals surface area contributed by atoms with Gasteiger partial charge in [0.15, 0.2) is 0 Å². The Kier molecular flexibility index (Phi) is 5.05. The number of nitrogens with zero attached hydrogens (tertiary/aromatic N) is 3. The molecule has 1 amide bonds. The molecular formula is C22H27N5O. The molecule has 3 heterocycles. The third-order valence-electron chi connectivity index (χ3n) is 5.66. The van der Waals surface area contributed by atoms with Crippen molar-refractivity contribution in [3.8, 4) is 0 Å². The van der Waals surface area contributed by atoms with Crippen LogP contribution in [0.2, 0.25) is 0 Å². The predicted molar refractivity (Wildman–Crippen MR) is 113 cm³/mol. The Morgan fingerprint density at radius 1 is 1.14 bits per heavy atom. The first-order valence-corrected chi connectivity index (χ1v) is 9.77. The van der Waals surface area contributed by atoms with Crippen LogP contribution >= 0.6 is 0 Å². The molecule has 146 valence electrons. The maximum atomic E-state index is 12.6. The van der Waals surface area contributed by atoms with E-state index in [9.17, 15) is 4.79 Å². The van der Waals surface area contributed by atoms with Gasteiger partial charge < -0.3 is 20.1 Å². The van der Waals surface area contributed by atoms with Crippen molar-refractivity contribution >= 4 is 22.6 Å². The molecule has 6 heteroatoms. The van der Waals surface area contributed by atoms with E-state index in [0.29, 0.717) is 12.1 Å². The van der Waals surface area contributed by atoms with Gasteiger partial charge in [-0.05, 0) is 56.3 Å². The van der Waals surface area contributed by atoms with Gasteiger partial charge in [-0.3, -0.25) is 4.79 Å². The number of hydrogen-bond donors (Lipinski definition) is 2. The number of carbonyl (C=O) groups excluding carboxylic acids is 1. The summed E-state index contributed by atoms with van der Waals surface area (Å²) in [5.41, 5.74) is 5.07. The van der Waals surface area contributed by atoms with E-state index in [0.717, 1.165) is 54.2 Å². The summed E-state index contributed by atoms with van der Waals surface area (Å²) in [7, 11) is 2.15. The molecule has 0 spiro atoms. The van der Waals surface area contributed by atoms with Gasteiger partial charge in [0.25, 0.3) is 5.91 Å². The lowest BCUT2D eigenvalue weighted by Crippen LogP contribution is -2.44. The van der Waals surface area contributed by atoms with Gasteiger partial charge in [0.2, 0.25) is 0 Å². The Labute approximate surface area is 165 Å². The number of benzene rings is 1. The molecule has 0 unspecified atom stereocenters. The molecule has 2 aromatic heterocycles. The van der Waals surface area contributed by atoms with E-state index in [4.69, 9.17) is 0 Å². The Balaban J connectivity index is 1.39. The molecule has 0 atom stereocenters. The van der Waals surface area contributed by atoms with E-state index < -0.39 is 0 Å². The van der Waals surface area contributed by atoms with Crippen LogP contribution < -0.4 is 10.2 Å². The summed E-state index contributed by atoms with van der Waals surface area (Å²) in [6.45, 7) is 8.71. The van der Waals surface area contributed by atoms with Crippen LogP contribution in [0, 0.1) is 13.8 Å². The fourth-order valence-corrected chi connectivity index (χ4v) is 3.63. The number of piperazine rings is 1. The van der Waals surface area contributed by atoms with Crippen molar-refractivity contribution in [1.29, 1.82) is 0 Å². The molecule has 0 radical (unpaired) electrons. The lowest BCUT2D eigenvalue weighted by molar-refractivity contribution is 0.0951. The summed E-state index contributed by atoms with van der Waals surface area (Å²) in [5.74, 6) is 0.940. The summed E-state index contributed by atoms with van der Waals surface area (Å²) in [5, 5.41) is 4.10. The van der Waals surface area contributed by atoms with Gasteiger partial charge >= 0.3 is 0 Å². The van der Waals surface area contributed by atoms with Crippen LogP contribution in [0.15, 0.2) is 36.5 Å². The molecule has 0 aliphatic carbocycles. The third-order valence-corrected chi connectivity index (χ3v) is 5.66. The van der Waals surface area contributed by atoms with Gasteiger partial charge in [-0.15, -0.1) is 0 Å². The number of aromatic nitrogens is 2. The van der Waals surface area contributed by atoms with E-state index in [-0.39, 0.29) is 5.91 Å². The van der Waals surface area contributed by atoms with Crippen LogP contribution in [0.5, 0.6) is 0 Å². The monoisotopic (exact) mass is 377 g/mol. The molecule has 4 rings (SSSR count). The van der Waals surface area contributed by atoms with Crippen LogP contribution in [0.4, 0.5) is 5.82 Å². The van der Waals surface area contributed by atoms with Crippen LogP contribution in [-0.4, -0.2) is 54.0 Å². The molecule has 1 aliphatic rings. The number of H-pyrrole nitrogens is 1. The average Bonchev–Trinajstić information content (AvgIpc) is 3.00. The van der Waals surface area contributed by atoms with Crippen molar-refractivity contribution in [3.05, 3.63) is 58.9 Å². The van der Waals surface area contributed by atoms with E-state index in [1.165, 1.54) is 5.56 Å². The number of rotatable bonds is 4. The number of pyridine rings is 1. The van der Waals surface area contributed by atoms with Crippen molar-refractivity contribution in [3.63, 3.8) is 0 Å². The van der Waals surface area contributed by atoms with E-state index in [1.807, 2.05) is 43.5 Å². The lowest BCUT2D eigenvalue weighted by atomic mass is 10.1. The zero-order chi connectivity index (χ0) is 19.7. The molecule has 1 fully saturated rings. The number of aryl methyl sites for hydroxylation is 2. The highest BCUT2D eigenvalue weighted by Gasteiger charge is 2.15. The van der Waals surface area contributed by atoms with Gasteiger partial charge in [0.1, 0.15) is 5.82 Å². The fourth-order valence-electron chi connectivity index (χ4n) is 3.63. The van der Waals surface area contributed by atoms with E-state index >= 15 is 0 Å². The summed E-state index contributed by atoms with van der Waals surface area (Å²) < 4.78 is 0. The van der Waals surface area contributed by atoms with Gasteiger partial charge in [-0.1, -0.05) is 6.07 Å². The first-order valence-electron chi connectivity index (χ1n) is 9.77. The maximum absolute atomic E-state index is 12.6. The van der Waals surface area contributed by atoms with Crippen LogP contribution in [0.25, 0.3) is 10.9 Å². The molecule has 6 nitrogen and oxygen atoms in total. The molecule has 1 saturated heterocycles. The first-order chi connectivity index (χ1) is 13.5.